The molecular weight excluding hydrogens is 346 g/mol. The molecule has 6 heteroatoms. The molecular formula is C13H17BrClN3S. The molecule has 19 heavy (non-hydrogen) atoms. The third kappa shape index (κ3) is 2.89. The highest BCUT2D eigenvalue weighted by Gasteiger charge is 2.26. The number of nitrogens with zero attached hydrogens (tertiary/aromatic N) is 2. The Bertz CT molecular complexity index is 578. The van der Waals surface area contributed by atoms with Gasteiger partial charge in [-0.1, -0.05) is 18.5 Å². The summed E-state index contributed by atoms with van der Waals surface area (Å²) >= 11 is 11.2. The van der Waals surface area contributed by atoms with Gasteiger partial charge < -0.3 is 5.73 Å². The van der Waals surface area contributed by atoms with Gasteiger partial charge in [-0.2, -0.15) is 5.10 Å². The summed E-state index contributed by atoms with van der Waals surface area (Å²) in [6, 6.07) is 4.00. The minimum Gasteiger partial charge on any atom is -0.326 e. The van der Waals surface area contributed by atoms with Crippen LogP contribution in [0.4, 0.5) is 0 Å². The number of halogens is 2. The first-order valence-electron chi connectivity index (χ1n) is 6.17. The Morgan fingerprint density at radius 1 is 1.47 bits per heavy atom. The zero-order chi connectivity index (χ0) is 14.2. The molecule has 0 fully saturated rings. The number of aryl methyl sites for hydroxylation is 1. The predicted molar refractivity (Wildman–Crippen MR) is 85.1 cm³/mol. The molecule has 0 saturated heterocycles. The van der Waals surface area contributed by atoms with E-state index in [0.717, 1.165) is 31.5 Å². The van der Waals surface area contributed by atoms with Crippen molar-refractivity contribution in [1.29, 1.82) is 0 Å². The van der Waals surface area contributed by atoms with Gasteiger partial charge in [0.15, 0.2) is 0 Å². The molecule has 2 aromatic rings. The monoisotopic (exact) mass is 361 g/mol. The first kappa shape index (κ1) is 15.0. The molecule has 0 bridgehead atoms. The second kappa shape index (κ2) is 5.95. The van der Waals surface area contributed by atoms with Crippen molar-refractivity contribution in [2.75, 3.05) is 0 Å². The van der Waals surface area contributed by atoms with Gasteiger partial charge in [0.05, 0.1) is 20.2 Å². The molecule has 2 N–H and O–H groups in total. The van der Waals surface area contributed by atoms with E-state index in [1.165, 1.54) is 0 Å². The Labute approximate surface area is 130 Å². The summed E-state index contributed by atoms with van der Waals surface area (Å²) in [6.07, 6.45) is 0.885. The fourth-order valence-corrected chi connectivity index (χ4v) is 3.62. The highest BCUT2D eigenvalue weighted by molar-refractivity contribution is 9.10. The molecule has 0 amide bonds. The van der Waals surface area contributed by atoms with E-state index in [4.69, 9.17) is 17.3 Å². The largest absolute Gasteiger partial charge is 0.326 e. The fraction of sp³-hybridized carbons (Fsp3) is 0.462. The van der Waals surface area contributed by atoms with Crippen molar-refractivity contribution >= 4 is 38.9 Å². The quantitative estimate of drug-likeness (QED) is 0.881. The van der Waals surface area contributed by atoms with Crippen LogP contribution < -0.4 is 5.73 Å². The summed E-state index contributed by atoms with van der Waals surface area (Å²) in [7, 11) is 0. The number of hydrogen-bond acceptors (Lipinski definition) is 3. The van der Waals surface area contributed by atoms with E-state index in [2.05, 4.69) is 34.9 Å². The number of thiophene rings is 1. The third-order valence-electron chi connectivity index (χ3n) is 3.26. The Balaban J connectivity index is 2.52. The number of hydrogen-bond donors (Lipinski definition) is 1. The first-order chi connectivity index (χ1) is 8.95. The van der Waals surface area contributed by atoms with Crippen LogP contribution in [0.15, 0.2) is 16.6 Å². The van der Waals surface area contributed by atoms with Gasteiger partial charge in [-0.05, 0) is 48.3 Å². The zero-order valence-electron chi connectivity index (χ0n) is 11.2. The summed E-state index contributed by atoms with van der Waals surface area (Å²) in [4.78, 5) is 1.15. The summed E-state index contributed by atoms with van der Waals surface area (Å²) in [5.74, 6) is 0. The lowest BCUT2D eigenvalue weighted by atomic mass is 10.1. The fourth-order valence-electron chi connectivity index (χ4n) is 2.14. The van der Waals surface area contributed by atoms with Crippen LogP contribution in [0.25, 0.3) is 0 Å². The van der Waals surface area contributed by atoms with E-state index in [1.807, 2.05) is 23.7 Å². The van der Waals surface area contributed by atoms with E-state index in [-0.39, 0.29) is 12.1 Å². The molecule has 2 atom stereocenters. The minimum absolute atomic E-state index is 0.0135. The second-order valence-corrected chi connectivity index (χ2v) is 7.13. The van der Waals surface area contributed by atoms with Crippen LogP contribution in [0.1, 0.15) is 35.7 Å². The predicted octanol–water partition coefficient (Wildman–Crippen LogP) is 4.30. The van der Waals surface area contributed by atoms with E-state index < -0.39 is 0 Å². The summed E-state index contributed by atoms with van der Waals surface area (Å²) in [6.45, 7) is 6.13. The lowest BCUT2D eigenvalue weighted by Crippen LogP contribution is -2.33. The van der Waals surface area contributed by atoms with E-state index in [1.54, 1.807) is 11.3 Å². The maximum Gasteiger partial charge on any atom is 0.101 e. The topological polar surface area (TPSA) is 43.8 Å². The summed E-state index contributed by atoms with van der Waals surface area (Å²) in [5.41, 5.74) is 8.38. The zero-order valence-corrected chi connectivity index (χ0v) is 14.3. The van der Waals surface area contributed by atoms with Crippen LogP contribution in [-0.4, -0.2) is 15.8 Å². The first-order valence-corrected chi connectivity index (χ1v) is 8.16. The molecule has 2 heterocycles. The molecule has 0 radical (unpaired) electrons. The summed E-state index contributed by atoms with van der Waals surface area (Å²) < 4.78 is 3.84. The average Bonchev–Trinajstić information content (AvgIpc) is 2.90. The maximum absolute atomic E-state index is 6.31. The van der Waals surface area contributed by atoms with E-state index >= 15 is 0 Å². The van der Waals surface area contributed by atoms with Gasteiger partial charge in [0.1, 0.15) is 6.04 Å². The van der Waals surface area contributed by atoms with Crippen LogP contribution in [-0.2, 0) is 0 Å². The highest BCUT2D eigenvalue weighted by Crippen LogP contribution is 2.34. The van der Waals surface area contributed by atoms with E-state index in [0.29, 0.717) is 0 Å². The molecule has 0 aliphatic carbocycles. The van der Waals surface area contributed by atoms with Crippen molar-refractivity contribution < 1.29 is 0 Å². The van der Waals surface area contributed by atoms with Crippen LogP contribution >= 0.6 is 38.9 Å². The van der Waals surface area contributed by atoms with Gasteiger partial charge in [0, 0.05) is 10.9 Å². The lowest BCUT2D eigenvalue weighted by molar-refractivity contribution is 0.421. The molecule has 3 nitrogen and oxygen atoms in total. The van der Waals surface area contributed by atoms with Gasteiger partial charge >= 0.3 is 0 Å². The van der Waals surface area contributed by atoms with Gasteiger partial charge in [0.2, 0.25) is 0 Å². The Morgan fingerprint density at radius 2 is 2.16 bits per heavy atom. The average molecular weight is 363 g/mol. The number of aromatic nitrogens is 2. The molecule has 0 aliphatic heterocycles. The highest BCUT2D eigenvalue weighted by atomic mass is 79.9. The van der Waals surface area contributed by atoms with Gasteiger partial charge in [-0.25, -0.2) is 0 Å². The molecule has 0 aliphatic rings. The molecule has 2 rings (SSSR count). The van der Waals surface area contributed by atoms with Crippen molar-refractivity contribution in [3.63, 3.8) is 0 Å². The van der Waals surface area contributed by atoms with Crippen LogP contribution in [0.5, 0.6) is 0 Å². The lowest BCUT2D eigenvalue weighted by Gasteiger charge is -2.23. The third-order valence-corrected chi connectivity index (χ3v) is 5.71. The Kier molecular flexibility index (Phi) is 4.71. The SMILES string of the molecule is CCC(N)C(c1ccc(Cl)s1)n1nc(C)c(Br)c1C. The van der Waals surface area contributed by atoms with Gasteiger partial charge in [0.25, 0.3) is 0 Å². The molecule has 2 unspecified atom stereocenters. The van der Waals surface area contributed by atoms with Crippen molar-refractivity contribution in [1.82, 2.24) is 9.78 Å². The Hall–Kier alpha value is -0.360. The Morgan fingerprint density at radius 3 is 2.58 bits per heavy atom. The standard InChI is InChI=1S/C13H17BrClN3S/c1-4-9(16)13(10-5-6-11(15)19-10)18-8(3)12(14)7(2)17-18/h5-6,9,13H,4,16H2,1-3H3. The van der Waals surface area contributed by atoms with Gasteiger partial charge in [-0.15, -0.1) is 11.3 Å². The number of nitrogens with two attached hydrogens (primary N) is 1. The van der Waals surface area contributed by atoms with Crippen LogP contribution in [0.3, 0.4) is 0 Å². The van der Waals surface area contributed by atoms with Crippen molar-refractivity contribution in [3.8, 4) is 0 Å². The molecule has 0 saturated carbocycles. The molecule has 0 spiro atoms. The molecule has 104 valence electrons. The van der Waals surface area contributed by atoms with Crippen molar-refractivity contribution in [2.24, 2.45) is 5.73 Å². The number of rotatable bonds is 4. The van der Waals surface area contributed by atoms with E-state index in [9.17, 15) is 0 Å². The maximum atomic E-state index is 6.31. The second-order valence-electron chi connectivity index (χ2n) is 4.59. The molecule has 2 aromatic heterocycles. The van der Waals surface area contributed by atoms with Crippen LogP contribution in [0.2, 0.25) is 4.34 Å². The minimum atomic E-state index is 0.0135. The van der Waals surface area contributed by atoms with Crippen LogP contribution in [0, 0.1) is 13.8 Å². The van der Waals surface area contributed by atoms with Crippen molar-refractivity contribution in [3.05, 3.63) is 37.2 Å². The normalized spacial score (nSPS) is 14.6. The summed E-state index contributed by atoms with van der Waals surface area (Å²) in [5, 5.41) is 4.62. The van der Waals surface area contributed by atoms with Gasteiger partial charge in [-0.3, -0.25) is 4.68 Å². The van der Waals surface area contributed by atoms with Crippen molar-refractivity contribution in [2.45, 2.75) is 39.3 Å². The smallest absolute Gasteiger partial charge is 0.101 e. The molecule has 0 aromatic carbocycles.